The minimum Gasteiger partial charge on any atom is -0.363 e. The number of fused-ring (bicyclic) bond motifs is 2. The standard InChI is InChI=1S/C20H21N7/c1-12-11-17(27(2)26-12)23-20-24-18-15(9-10-21-18)19(25-20)22-16-8-7-13-5-3-4-6-14(13)16/h3-6,9-11,16H,7-8H2,1-2H3,(H3,21,22,23,24,25). The number of rotatable bonds is 4. The van der Waals surface area contributed by atoms with E-state index < -0.39 is 0 Å². The molecule has 1 aliphatic rings. The number of aryl methyl sites for hydroxylation is 3. The number of H-pyrrole nitrogens is 1. The summed E-state index contributed by atoms with van der Waals surface area (Å²) < 4.78 is 1.79. The van der Waals surface area contributed by atoms with E-state index in [1.54, 1.807) is 4.68 Å². The van der Waals surface area contributed by atoms with Crippen LogP contribution < -0.4 is 10.6 Å². The largest absolute Gasteiger partial charge is 0.363 e. The molecule has 0 aliphatic heterocycles. The first-order valence-corrected chi connectivity index (χ1v) is 9.14. The van der Waals surface area contributed by atoms with Crippen molar-refractivity contribution in [2.75, 3.05) is 10.6 Å². The van der Waals surface area contributed by atoms with Crippen molar-refractivity contribution in [1.29, 1.82) is 0 Å². The number of benzene rings is 1. The zero-order valence-electron chi connectivity index (χ0n) is 15.3. The maximum Gasteiger partial charge on any atom is 0.232 e. The molecule has 0 fully saturated rings. The van der Waals surface area contributed by atoms with Crippen LogP contribution in [0.2, 0.25) is 0 Å². The van der Waals surface area contributed by atoms with Crippen molar-refractivity contribution in [2.45, 2.75) is 25.8 Å². The van der Waals surface area contributed by atoms with Gasteiger partial charge in [0.05, 0.1) is 17.1 Å². The Morgan fingerprint density at radius 1 is 1.19 bits per heavy atom. The molecule has 3 heterocycles. The molecule has 1 atom stereocenters. The van der Waals surface area contributed by atoms with Crippen molar-refractivity contribution in [1.82, 2.24) is 24.7 Å². The van der Waals surface area contributed by atoms with Gasteiger partial charge in [-0.1, -0.05) is 24.3 Å². The van der Waals surface area contributed by atoms with E-state index in [4.69, 9.17) is 4.98 Å². The average Bonchev–Trinajstić information content (AvgIpc) is 3.35. The molecule has 0 bridgehead atoms. The molecule has 0 saturated heterocycles. The van der Waals surface area contributed by atoms with Crippen LogP contribution in [-0.4, -0.2) is 24.7 Å². The second-order valence-corrected chi connectivity index (χ2v) is 6.99. The highest BCUT2D eigenvalue weighted by atomic mass is 15.3. The Morgan fingerprint density at radius 2 is 2.07 bits per heavy atom. The van der Waals surface area contributed by atoms with Crippen molar-refractivity contribution >= 4 is 28.6 Å². The fourth-order valence-electron chi connectivity index (χ4n) is 3.82. The molecular formula is C20H21N7. The topological polar surface area (TPSA) is 83.5 Å². The molecule has 1 aliphatic carbocycles. The highest BCUT2D eigenvalue weighted by molar-refractivity contribution is 5.88. The quantitative estimate of drug-likeness (QED) is 0.516. The maximum absolute atomic E-state index is 4.76. The molecule has 4 aromatic rings. The van der Waals surface area contributed by atoms with Gasteiger partial charge < -0.3 is 15.6 Å². The molecular weight excluding hydrogens is 338 g/mol. The van der Waals surface area contributed by atoms with Crippen LogP contribution in [-0.2, 0) is 13.5 Å². The molecule has 27 heavy (non-hydrogen) atoms. The van der Waals surface area contributed by atoms with Gasteiger partial charge >= 0.3 is 0 Å². The lowest BCUT2D eigenvalue weighted by Crippen LogP contribution is -2.11. The van der Waals surface area contributed by atoms with Gasteiger partial charge in [0.25, 0.3) is 0 Å². The molecule has 5 rings (SSSR count). The predicted molar refractivity (Wildman–Crippen MR) is 106 cm³/mol. The van der Waals surface area contributed by atoms with Gasteiger partial charge in [0.15, 0.2) is 0 Å². The zero-order valence-corrected chi connectivity index (χ0v) is 15.3. The van der Waals surface area contributed by atoms with Gasteiger partial charge in [-0.2, -0.15) is 15.1 Å². The van der Waals surface area contributed by atoms with E-state index in [0.29, 0.717) is 5.95 Å². The molecule has 0 radical (unpaired) electrons. The summed E-state index contributed by atoms with van der Waals surface area (Å²) in [5.74, 6) is 2.24. The van der Waals surface area contributed by atoms with Crippen LogP contribution in [0.25, 0.3) is 11.0 Å². The van der Waals surface area contributed by atoms with Crippen molar-refractivity contribution in [3.63, 3.8) is 0 Å². The molecule has 0 saturated carbocycles. The summed E-state index contributed by atoms with van der Waals surface area (Å²) in [5.41, 5.74) is 4.52. The third kappa shape index (κ3) is 2.81. The third-order valence-electron chi connectivity index (χ3n) is 5.10. The molecule has 1 unspecified atom stereocenters. The number of hydrogen-bond donors (Lipinski definition) is 3. The van der Waals surface area contributed by atoms with Gasteiger partial charge in [-0.3, -0.25) is 4.68 Å². The number of hydrogen-bond acceptors (Lipinski definition) is 5. The van der Waals surface area contributed by atoms with E-state index in [-0.39, 0.29) is 6.04 Å². The number of aromatic amines is 1. The first kappa shape index (κ1) is 15.9. The van der Waals surface area contributed by atoms with Crippen LogP contribution in [0.15, 0.2) is 42.6 Å². The Kier molecular flexibility index (Phi) is 3.60. The number of aromatic nitrogens is 5. The zero-order chi connectivity index (χ0) is 18.4. The Balaban J connectivity index is 1.50. The second kappa shape index (κ2) is 6.12. The van der Waals surface area contributed by atoms with Gasteiger partial charge in [-0.15, -0.1) is 0 Å². The van der Waals surface area contributed by atoms with Crippen LogP contribution in [0.4, 0.5) is 17.6 Å². The van der Waals surface area contributed by atoms with Gasteiger partial charge in [0, 0.05) is 19.3 Å². The molecule has 0 spiro atoms. The predicted octanol–water partition coefficient (Wildman–Crippen LogP) is 3.84. The average molecular weight is 359 g/mol. The molecule has 3 N–H and O–H groups in total. The highest BCUT2D eigenvalue weighted by Gasteiger charge is 2.23. The van der Waals surface area contributed by atoms with Crippen molar-refractivity contribution in [3.05, 3.63) is 59.4 Å². The summed E-state index contributed by atoms with van der Waals surface area (Å²) >= 11 is 0. The summed E-state index contributed by atoms with van der Waals surface area (Å²) in [6, 6.07) is 12.9. The first-order valence-electron chi connectivity index (χ1n) is 9.14. The van der Waals surface area contributed by atoms with E-state index in [2.05, 4.69) is 50.0 Å². The molecule has 0 amide bonds. The lowest BCUT2D eigenvalue weighted by molar-refractivity contribution is 0.757. The summed E-state index contributed by atoms with van der Waals surface area (Å²) in [7, 11) is 1.90. The summed E-state index contributed by atoms with van der Waals surface area (Å²) in [4.78, 5) is 12.6. The molecule has 7 nitrogen and oxygen atoms in total. The second-order valence-electron chi connectivity index (χ2n) is 6.99. The number of nitrogens with zero attached hydrogens (tertiary/aromatic N) is 4. The summed E-state index contributed by atoms with van der Waals surface area (Å²) in [6.07, 6.45) is 4.05. The summed E-state index contributed by atoms with van der Waals surface area (Å²) in [6.45, 7) is 1.96. The normalized spacial score (nSPS) is 15.9. The molecule has 136 valence electrons. The number of nitrogens with one attached hydrogen (secondary N) is 3. The SMILES string of the molecule is Cc1cc(Nc2nc(NC3CCc4ccccc43)c3cc[nH]c3n2)n(C)n1. The first-order chi connectivity index (χ1) is 13.2. The Morgan fingerprint density at radius 3 is 2.93 bits per heavy atom. The van der Waals surface area contributed by atoms with Gasteiger partial charge in [-0.25, -0.2) is 0 Å². The van der Waals surface area contributed by atoms with Crippen LogP contribution >= 0.6 is 0 Å². The van der Waals surface area contributed by atoms with Crippen LogP contribution in [0.3, 0.4) is 0 Å². The monoisotopic (exact) mass is 359 g/mol. The van der Waals surface area contributed by atoms with E-state index in [1.807, 2.05) is 32.3 Å². The van der Waals surface area contributed by atoms with Gasteiger partial charge in [0.2, 0.25) is 5.95 Å². The van der Waals surface area contributed by atoms with E-state index >= 15 is 0 Å². The van der Waals surface area contributed by atoms with Gasteiger partial charge in [-0.05, 0) is 37.0 Å². The lowest BCUT2D eigenvalue weighted by atomic mass is 10.1. The minimum atomic E-state index is 0.265. The fourth-order valence-corrected chi connectivity index (χ4v) is 3.82. The Labute approximate surface area is 156 Å². The van der Waals surface area contributed by atoms with Crippen LogP contribution in [0.1, 0.15) is 29.3 Å². The summed E-state index contributed by atoms with van der Waals surface area (Å²) in [5, 5.41) is 12.3. The van der Waals surface area contributed by atoms with E-state index in [1.165, 1.54) is 11.1 Å². The molecule has 7 heteroatoms. The minimum absolute atomic E-state index is 0.265. The van der Waals surface area contributed by atoms with Crippen LogP contribution in [0.5, 0.6) is 0 Å². The lowest BCUT2D eigenvalue weighted by Gasteiger charge is -2.16. The Bertz CT molecular complexity index is 1120. The smallest absolute Gasteiger partial charge is 0.232 e. The van der Waals surface area contributed by atoms with Crippen molar-refractivity contribution in [3.8, 4) is 0 Å². The fraction of sp³-hybridized carbons (Fsp3) is 0.250. The van der Waals surface area contributed by atoms with E-state index in [0.717, 1.165) is 41.2 Å². The molecule has 3 aromatic heterocycles. The van der Waals surface area contributed by atoms with E-state index in [9.17, 15) is 0 Å². The number of anilines is 3. The van der Waals surface area contributed by atoms with Crippen LogP contribution in [0, 0.1) is 6.92 Å². The highest BCUT2D eigenvalue weighted by Crippen LogP contribution is 2.35. The molecule has 1 aromatic carbocycles. The Hall–Kier alpha value is -3.35. The van der Waals surface area contributed by atoms with Crippen molar-refractivity contribution in [2.24, 2.45) is 7.05 Å². The van der Waals surface area contributed by atoms with Gasteiger partial charge in [0.1, 0.15) is 17.3 Å². The third-order valence-corrected chi connectivity index (χ3v) is 5.10. The van der Waals surface area contributed by atoms with Crippen molar-refractivity contribution < 1.29 is 0 Å². The maximum atomic E-state index is 4.76.